The Kier molecular flexibility index (Phi) is 2.80. The van der Waals surface area contributed by atoms with Gasteiger partial charge in [0.15, 0.2) is 11.5 Å². The molecule has 96 valence electrons. The van der Waals surface area contributed by atoms with Crippen molar-refractivity contribution in [2.75, 3.05) is 7.11 Å². The molecule has 5 heteroatoms. The number of hydrogen-bond donors (Lipinski definition) is 1. The van der Waals surface area contributed by atoms with Gasteiger partial charge in [0.05, 0.1) is 10.5 Å². The fourth-order valence-electron chi connectivity index (χ4n) is 2.21. The van der Waals surface area contributed by atoms with E-state index in [9.17, 15) is 9.59 Å². The number of carbonyl (C=O) groups excluding carboxylic acids is 2. The Labute approximate surface area is 114 Å². The molecule has 0 saturated carbocycles. The number of fused-ring (bicyclic) bond motifs is 2. The van der Waals surface area contributed by atoms with Crippen LogP contribution in [0.5, 0.6) is 0 Å². The first-order valence-corrected chi connectivity index (χ1v) is 6.12. The van der Waals surface area contributed by atoms with Crippen molar-refractivity contribution in [3.05, 3.63) is 52.5 Å². The van der Waals surface area contributed by atoms with E-state index < -0.39 is 0 Å². The summed E-state index contributed by atoms with van der Waals surface area (Å²) in [4.78, 5) is 25.1. The quantitative estimate of drug-likeness (QED) is 0.729. The molecule has 0 aliphatic heterocycles. The zero-order valence-electron chi connectivity index (χ0n) is 10.1. The fraction of sp³-hybridized carbons (Fsp3) is 0.143. The summed E-state index contributed by atoms with van der Waals surface area (Å²) in [5, 5.41) is 0. The minimum atomic E-state index is -0.289. The molecule has 2 aromatic rings. The van der Waals surface area contributed by atoms with Crippen LogP contribution < -0.4 is 0 Å². The molecule has 1 aliphatic carbocycles. The van der Waals surface area contributed by atoms with Gasteiger partial charge in [-0.3, -0.25) is 9.59 Å². The topological polar surface area (TPSA) is 56.5 Å². The van der Waals surface area contributed by atoms with E-state index in [-0.39, 0.29) is 29.5 Å². The minimum absolute atomic E-state index is 0.0563. The second kappa shape index (κ2) is 4.36. The number of rotatable bonds is 2. The van der Waals surface area contributed by atoms with Crippen LogP contribution in [-0.2, 0) is 11.3 Å². The monoisotopic (exact) mass is 274 g/mol. The fourth-order valence-corrected chi connectivity index (χ4v) is 2.52. The van der Waals surface area contributed by atoms with E-state index >= 15 is 0 Å². The van der Waals surface area contributed by atoms with E-state index in [0.29, 0.717) is 21.8 Å². The summed E-state index contributed by atoms with van der Waals surface area (Å²) in [5.41, 5.74) is 0.991. The van der Waals surface area contributed by atoms with E-state index in [0.717, 1.165) is 0 Å². The maximum absolute atomic E-state index is 12.4. The SMILES string of the molecule is COCc1oc2c(c1S)C(=O)c1ccccc1C2=O. The van der Waals surface area contributed by atoms with Crippen molar-refractivity contribution in [1.82, 2.24) is 0 Å². The Morgan fingerprint density at radius 1 is 1.16 bits per heavy atom. The van der Waals surface area contributed by atoms with Crippen molar-refractivity contribution in [2.24, 2.45) is 0 Å². The normalized spacial score (nSPS) is 13.4. The number of carbonyl (C=O) groups is 2. The van der Waals surface area contributed by atoms with Gasteiger partial charge >= 0.3 is 0 Å². The first-order valence-electron chi connectivity index (χ1n) is 5.67. The van der Waals surface area contributed by atoms with Crippen LogP contribution in [0.25, 0.3) is 0 Å². The second-order valence-electron chi connectivity index (χ2n) is 4.21. The summed E-state index contributed by atoms with van der Waals surface area (Å²) >= 11 is 4.28. The summed E-state index contributed by atoms with van der Waals surface area (Å²) in [6, 6.07) is 6.70. The van der Waals surface area contributed by atoms with Gasteiger partial charge < -0.3 is 9.15 Å². The Balaban J connectivity index is 2.24. The zero-order chi connectivity index (χ0) is 13.6. The molecular formula is C14H10O4S. The summed E-state index contributed by atoms with van der Waals surface area (Å²) in [6.07, 6.45) is 0. The second-order valence-corrected chi connectivity index (χ2v) is 4.66. The van der Waals surface area contributed by atoms with Gasteiger partial charge in [0.25, 0.3) is 0 Å². The Bertz CT molecular complexity index is 699. The van der Waals surface area contributed by atoms with E-state index in [1.807, 2.05) is 0 Å². The van der Waals surface area contributed by atoms with Gasteiger partial charge in [0.1, 0.15) is 12.4 Å². The standard InChI is InChI=1S/C14H10O4S/c1-17-6-9-14(19)10-11(15)7-4-2-3-5-8(7)12(16)13(10)18-9/h2-5,19H,6H2,1H3. The highest BCUT2D eigenvalue weighted by atomic mass is 32.1. The van der Waals surface area contributed by atoms with Crippen molar-refractivity contribution in [3.63, 3.8) is 0 Å². The van der Waals surface area contributed by atoms with E-state index in [4.69, 9.17) is 9.15 Å². The smallest absolute Gasteiger partial charge is 0.229 e. The highest BCUT2D eigenvalue weighted by molar-refractivity contribution is 7.80. The van der Waals surface area contributed by atoms with Gasteiger partial charge in [0, 0.05) is 18.2 Å². The van der Waals surface area contributed by atoms with Gasteiger partial charge in [-0.05, 0) is 0 Å². The molecule has 0 unspecified atom stereocenters. The Morgan fingerprint density at radius 3 is 2.42 bits per heavy atom. The van der Waals surface area contributed by atoms with Gasteiger partial charge in [-0.2, -0.15) is 0 Å². The molecular weight excluding hydrogens is 264 g/mol. The van der Waals surface area contributed by atoms with Crippen molar-refractivity contribution in [2.45, 2.75) is 11.5 Å². The predicted octanol–water partition coefficient (Wildman–Crippen LogP) is 2.49. The third-order valence-electron chi connectivity index (χ3n) is 3.08. The molecule has 19 heavy (non-hydrogen) atoms. The first kappa shape index (κ1) is 12.2. The summed E-state index contributed by atoms with van der Waals surface area (Å²) < 4.78 is 10.4. The van der Waals surface area contributed by atoms with Gasteiger partial charge in [-0.15, -0.1) is 12.6 Å². The largest absolute Gasteiger partial charge is 0.453 e. The summed E-state index contributed by atoms with van der Waals surface area (Å²) in [5.74, 6) is -0.0738. The number of ether oxygens (including phenoxy) is 1. The van der Waals surface area contributed by atoms with Gasteiger partial charge in [-0.25, -0.2) is 0 Å². The molecule has 0 bridgehead atoms. The molecule has 1 aromatic carbocycles. The number of benzene rings is 1. The lowest BCUT2D eigenvalue weighted by Crippen LogP contribution is -2.19. The molecule has 0 fully saturated rings. The molecule has 0 N–H and O–H groups in total. The third kappa shape index (κ3) is 1.66. The van der Waals surface area contributed by atoms with Crippen LogP contribution >= 0.6 is 12.6 Å². The maximum atomic E-state index is 12.4. The van der Waals surface area contributed by atoms with Gasteiger partial charge in [0.2, 0.25) is 5.78 Å². The van der Waals surface area contributed by atoms with Crippen LogP contribution in [0.3, 0.4) is 0 Å². The maximum Gasteiger partial charge on any atom is 0.229 e. The minimum Gasteiger partial charge on any atom is -0.453 e. The van der Waals surface area contributed by atoms with Crippen molar-refractivity contribution < 1.29 is 18.7 Å². The lowest BCUT2D eigenvalue weighted by molar-refractivity contribution is 0.0954. The lowest BCUT2D eigenvalue weighted by atomic mass is 9.88. The summed E-state index contributed by atoms with van der Waals surface area (Å²) in [7, 11) is 1.51. The molecule has 1 aromatic heterocycles. The van der Waals surface area contributed by atoms with Crippen molar-refractivity contribution >= 4 is 24.2 Å². The zero-order valence-corrected chi connectivity index (χ0v) is 11.0. The molecule has 0 spiro atoms. The molecule has 1 heterocycles. The predicted molar refractivity (Wildman–Crippen MR) is 70.0 cm³/mol. The average Bonchev–Trinajstić information content (AvgIpc) is 2.75. The number of hydrogen-bond acceptors (Lipinski definition) is 5. The lowest BCUT2D eigenvalue weighted by Gasteiger charge is -2.12. The highest BCUT2D eigenvalue weighted by Gasteiger charge is 2.36. The molecule has 1 aliphatic rings. The highest BCUT2D eigenvalue weighted by Crippen LogP contribution is 2.35. The van der Waals surface area contributed by atoms with Crippen LogP contribution in [-0.4, -0.2) is 18.7 Å². The third-order valence-corrected chi connectivity index (χ3v) is 3.55. The molecule has 4 nitrogen and oxygen atoms in total. The number of furan rings is 1. The average molecular weight is 274 g/mol. The molecule has 3 rings (SSSR count). The number of ketones is 2. The van der Waals surface area contributed by atoms with Crippen LogP contribution in [0.1, 0.15) is 37.8 Å². The van der Waals surface area contributed by atoms with E-state index in [1.54, 1.807) is 24.3 Å². The van der Waals surface area contributed by atoms with Crippen molar-refractivity contribution in [3.8, 4) is 0 Å². The van der Waals surface area contributed by atoms with Crippen LogP contribution in [0.15, 0.2) is 33.6 Å². The van der Waals surface area contributed by atoms with Crippen LogP contribution in [0.2, 0.25) is 0 Å². The molecule has 0 atom stereocenters. The van der Waals surface area contributed by atoms with Gasteiger partial charge in [-0.1, -0.05) is 24.3 Å². The van der Waals surface area contributed by atoms with Crippen molar-refractivity contribution in [1.29, 1.82) is 0 Å². The van der Waals surface area contributed by atoms with Crippen LogP contribution in [0.4, 0.5) is 0 Å². The number of thiol groups is 1. The Hall–Kier alpha value is -1.85. The molecule has 0 radical (unpaired) electrons. The van der Waals surface area contributed by atoms with Crippen LogP contribution in [0, 0.1) is 0 Å². The number of methoxy groups -OCH3 is 1. The Morgan fingerprint density at radius 2 is 1.79 bits per heavy atom. The first-order chi connectivity index (χ1) is 9.15. The summed E-state index contributed by atoms with van der Waals surface area (Å²) in [6.45, 7) is 0.169. The van der Waals surface area contributed by atoms with E-state index in [1.165, 1.54) is 7.11 Å². The molecule has 0 saturated heterocycles. The molecule has 0 amide bonds. The van der Waals surface area contributed by atoms with E-state index in [2.05, 4.69) is 12.6 Å².